The molecule has 10 nitrogen and oxygen atoms in total. The summed E-state index contributed by atoms with van der Waals surface area (Å²) in [6, 6.07) is -7.37. The van der Waals surface area contributed by atoms with E-state index in [4.69, 9.17) is 19.2 Å². The molecule has 2 aromatic heterocycles. The lowest BCUT2D eigenvalue weighted by Gasteiger charge is -2.17. The van der Waals surface area contributed by atoms with Crippen LogP contribution in [0.4, 0.5) is 10.2 Å². The molecule has 0 amide bonds. The maximum absolute atomic E-state index is 14.8. The highest BCUT2D eigenvalue weighted by Gasteiger charge is 2.45. The van der Waals surface area contributed by atoms with Crippen molar-refractivity contribution >= 4 is 28.7 Å². The summed E-state index contributed by atoms with van der Waals surface area (Å²) in [6.45, 7) is -2.15. The van der Waals surface area contributed by atoms with Gasteiger partial charge in [0.1, 0.15) is 18.0 Å². The minimum absolute atomic E-state index is 0.105. The second-order valence-electron chi connectivity index (χ2n) is 7.67. The number of aromatic nitrogens is 5. The normalized spacial score (nSPS) is 45.7. The van der Waals surface area contributed by atoms with Gasteiger partial charge >= 0.3 is 0 Å². The fourth-order valence-corrected chi connectivity index (χ4v) is 3.90. The average Bonchev–Trinajstić information content (AvgIpc) is 3.44. The van der Waals surface area contributed by atoms with E-state index < -0.39 is 108 Å². The number of rotatable bonds is 10. The monoisotopic (exact) mass is 532 g/mol. The van der Waals surface area contributed by atoms with Crippen molar-refractivity contribution < 1.29 is 43.6 Å². The van der Waals surface area contributed by atoms with Crippen molar-refractivity contribution in [2.75, 3.05) is 24.2 Å². The smallest absolute Gasteiger partial charge is 0.191 e. The van der Waals surface area contributed by atoms with Crippen molar-refractivity contribution in [1.82, 2.24) is 25.0 Å². The van der Waals surface area contributed by atoms with Gasteiger partial charge in [-0.15, -0.1) is 5.10 Å². The van der Waals surface area contributed by atoms with Crippen LogP contribution in [0.1, 0.15) is 68.4 Å². The summed E-state index contributed by atoms with van der Waals surface area (Å²) in [6.07, 6.45) is -16.6. The molecule has 1 aromatic carbocycles. The van der Waals surface area contributed by atoms with Crippen LogP contribution in [0.15, 0.2) is 23.3 Å². The summed E-state index contributed by atoms with van der Waals surface area (Å²) >= 11 is 0.409. The van der Waals surface area contributed by atoms with Gasteiger partial charge in [-0.2, -0.15) is 0 Å². The molecular formula is C24H31FN6O4S. The van der Waals surface area contributed by atoms with Crippen molar-refractivity contribution in [2.24, 2.45) is 0 Å². The van der Waals surface area contributed by atoms with Gasteiger partial charge in [0, 0.05) is 29.5 Å². The summed E-state index contributed by atoms with van der Waals surface area (Å²) < 4.78 is 137. The lowest BCUT2D eigenvalue weighted by atomic mass is 10.1. The summed E-state index contributed by atoms with van der Waals surface area (Å²) in [4.78, 5) is 8.30. The van der Waals surface area contributed by atoms with Crippen LogP contribution < -0.4 is 5.32 Å². The average molecular weight is 533 g/mol. The van der Waals surface area contributed by atoms with Gasteiger partial charge in [-0.05, 0) is 36.9 Å². The Labute approximate surface area is 232 Å². The molecule has 3 aromatic rings. The largest absolute Gasteiger partial charge is 0.394 e. The summed E-state index contributed by atoms with van der Waals surface area (Å²) in [5, 5.41) is 41.3. The van der Waals surface area contributed by atoms with Crippen LogP contribution in [0.5, 0.6) is 0 Å². The van der Waals surface area contributed by atoms with Gasteiger partial charge in [-0.1, -0.05) is 36.0 Å². The van der Waals surface area contributed by atoms with Gasteiger partial charge in [-0.3, -0.25) is 0 Å². The highest BCUT2D eigenvalue weighted by molar-refractivity contribution is 7.99. The van der Waals surface area contributed by atoms with Crippen LogP contribution in [0.25, 0.3) is 11.2 Å². The van der Waals surface area contributed by atoms with E-state index in [1.807, 2.05) is 0 Å². The molecule has 194 valence electrons. The van der Waals surface area contributed by atoms with Gasteiger partial charge in [0.2, 0.25) is 0 Å². The van der Waals surface area contributed by atoms with Crippen molar-refractivity contribution in [1.29, 1.82) is 0 Å². The zero-order valence-corrected chi connectivity index (χ0v) is 19.8. The number of hydrogen-bond acceptors (Lipinski definition) is 10. The standard InChI is InChI=1S/C24H31FN6O4S/c1-3-8-36-24-27-22(26-16-10-14(16)13-5-4-12(2)15(25)9-13)19-23(28-24)31(30-29-19)17-11-18(35-7-6-32)21(34)20(17)33/h4-5,9,14,16-18,20-21,32-34H,3,6-8,10-11H2,1-2H3,(H,26,27,28)/t14-,16+,17+,18-,20-,21+/m0/s1/i4D,5D,7D2,8D2,9D,11D2,16D,17D,18D,20D,21D. The van der Waals surface area contributed by atoms with Crippen molar-refractivity contribution in [3.63, 3.8) is 0 Å². The molecule has 4 N–H and O–H groups in total. The first-order valence-corrected chi connectivity index (χ1v) is 11.6. The van der Waals surface area contributed by atoms with Crippen LogP contribution in [0.2, 0.25) is 0 Å². The first kappa shape index (κ1) is 13.4. The topological polar surface area (TPSA) is 138 Å². The van der Waals surface area contributed by atoms with E-state index in [0.717, 1.165) is 0 Å². The predicted molar refractivity (Wildman–Crippen MR) is 133 cm³/mol. The second-order valence-corrected chi connectivity index (χ2v) is 8.53. The quantitative estimate of drug-likeness (QED) is 0.227. The summed E-state index contributed by atoms with van der Waals surface area (Å²) in [5.41, 5.74) is -3.82. The Hall–Kier alpha value is -2.38. The summed E-state index contributed by atoms with van der Waals surface area (Å²) in [5.74, 6) is -2.55. The van der Waals surface area contributed by atoms with E-state index >= 15 is 0 Å². The van der Waals surface area contributed by atoms with Crippen molar-refractivity contribution in [2.45, 2.75) is 74.4 Å². The van der Waals surface area contributed by atoms with E-state index in [2.05, 4.69) is 30.3 Å². The zero-order valence-electron chi connectivity index (χ0n) is 33.0. The molecule has 0 radical (unpaired) electrons. The first-order chi connectivity index (χ1) is 22.6. The van der Waals surface area contributed by atoms with Gasteiger partial charge in [0.25, 0.3) is 0 Å². The molecular weight excluding hydrogens is 487 g/mol. The number of aliphatic hydroxyl groups excluding tert-OH is 1. The third-order valence-corrected chi connectivity index (χ3v) is 6.00. The Bertz CT molecular complexity index is 1860. The number of nitrogens with zero attached hydrogens (tertiary/aromatic N) is 5. The van der Waals surface area contributed by atoms with E-state index in [1.54, 1.807) is 0 Å². The third kappa shape index (κ3) is 4.92. The zero-order chi connectivity index (χ0) is 38.0. The molecule has 0 aliphatic heterocycles. The fourth-order valence-electron chi connectivity index (χ4n) is 3.35. The van der Waals surface area contributed by atoms with Gasteiger partial charge < -0.3 is 25.4 Å². The third-order valence-electron chi connectivity index (χ3n) is 5.20. The van der Waals surface area contributed by atoms with E-state index in [-0.39, 0.29) is 28.7 Å². The van der Waals surface area contributed by atoms with Crippen molar-refractivity contribution in [3.05, 3.63) is 35.1 Å². The maximum atomic E-state index is 14.8. The molecule has 0 spiro atoms. The van der Waals surface area contributed by atoms with Gasteiger partial charge in [-0.25, -0.2) is 19.0 Å². The minimum Gasteiger partial charge on any atom is -0.394 e. The lowest BCUT2D eigenvalue weighted by molar-refractivity contribution is -0.0629. The number of thioether (sulfide) groups is 1. The van der Waals surface area contributed by atoms with Crippen LogP contribution >= 0.6 is 11.8 Å². The Balaban J connectivity index is 1.70. The van der Waals surface area contributed by atoms with E-state index in [1.165, 1.54) is 13.8 Å². The fraction of sp³-hybridized carbons (Fsp3) is 0.583. The van der Waals surface area contributed by atoms with Crippen LogP contribution in [-0.2, 0) is 4.74 Å². The lowest BCUT2D eigenvalue weighted by Crippen LogP contribution is -2.33. The number of hydrogen-bond donors (Lipinski definition) is 4. The van der Waals surface area contributed by atoms with Crippen LogP contribution in [-0.4, -0.2) is 83.4 Å². The Morgan fingerprint density at radius 1 is 1.39 bits per heavy atom. The maximum Gasteiger partial charge on any atom is 0.191 e. The Kier molecular flexibility index (Phi) is 3.93. The molecule has 2 heterocycles. The minimum atomic E-state index is -4.19. The first-order valence-electron chi connectivity index (χ1n) is 17.7. The van der Waals surface area contributed by atoms with Crippen LogP contribution in [0.3, 0.4) is 0 Å². The van der Waals surface area contributed by atoms with Gasteiger partial charge in [0.05, 0.1) is 39.0 Å². The number of fused-ring (bicyclic) bond motifs is 1. The molecule has 2 aliphatic carbocycles. The Morgan fingerprint density at radius 2 is 2.22 bits per heavy atom. The number of nitrogens with one attached hydrogen (secondary N) is 1. The summed E-state index contributed by atoms with van der Waals surface area (Å²) in [7, 11) is 0. The molecule has 36 heavy (non-hydrogen) atoms. The second kappa shape index (κ2) is 10.5. The Morgan fingerprint density at radius 3 is 3.00 bits per heavy atom. The van der Waals surface area contributed by atoms with Crippen LogP contribution in [0, 0.1) is 12.7 Å². The molecule has 2 fully saturated rings. The van der Waals surface area contributed by atoms with E-state index in [9.17, 15) is 19.7 Å². The molecule has 2 saturated carbocycles. The molecule has 0 unspecified atom stereocenters. The van der Waals surface area contributed by atoms with Crippen molar-refractivity contribution in [3.8, 4) is 0 Å². The SMILES string of the molecule is [2H]c1c([2H])c([C@@H]2C[C@@]2([2H])Nc2nc(SC([2H])([2H])CC)nc3c2nnn3[C@]2([2H])C([2H])([2H])[C@]([2H])(OC([2H])([2H])CO)[C@@]([2H])(O)[C@@]2([2H])O)c([2H])c(F)c1C. The number of anilines is 1. The predicted octanol–water partition coefficient (Wildman–Crippen LogP) is 2.18. The molecule has 12 heteroatoms. The van der Waals surface area contributed by atoms with Gasteiger partial charge in [0.15, 0.2) is 22.1 Å². The highest BCUT2D eigenvalue weighted by Crippen LogP contribution is 2.44. The number of benzene rings is 1. The number of ether oxygens (including phenoxy) is 1. The number of halogens is 1. The molecule has 2 aliphatic rings. The number of aliphatic hydroxyl groups is 3. The highest BCUT2D eigenvalue weighted by atomic mass is 32.2. The van der Waals surface area contributed by atoms with E-state index in [0.29, 0.717) is 11.8 Å². The molecule has 0 saturated heterocycles. The molecule has 6 atom stereocenters. The molecule has 0 bridgehead atoms. The molecule has 5 rings (SSSR count).